The molecule has 114 valence electrons. The molecule has 3 N–H and O–H groups in total. The summed E-state index contributed by atoms with van der Waals surface area (Å²) < 4.78 is 0. The van der Waals surface area contributed by atoms with Crippen LogP contribution in [0, 0.1) is 5.92 Å². The van der Waals surface area contributed by atoms with Gasteiger partial charge in [-0.25, -0.2) is 4.79 Å². The summed E-state index contributed by atoms with van der Waals surface area (Å²) in [5, 5.41) is 13.8. The van der Waals surface area contributed by atoms with Gasteiger partial charge >= 0.3 is 12.0 Å². The maximum atomic E-state index is 11.6. The summed E-state index contributed by atoms with van der Waals surface area (Å²) in [5.41, 5.74) is 0. The van der Waals surface area contributed by atoms with E-state index in [1.807, 2.05) is 0 Å². The lowest BCUT2D eigenvalue weighted by Gasteiger charge is -2.22. The van der Waals surface area contributed by atoms with Crippen molar-refractivity contribution in [1.82, 2.24) is 10.6 Å². The average Bonchev–Trinajstić information content (AvgIpc) is 2.39. The summed E-state index contributed by atoms with van der Waals surface area (Å²) in [5.74, 6) is -1.32. The topological polar surface area (TPSA) is 95.5 Å². The van der Waals surface area contributed by atoms with Gasteiger partial charge in [0.2, 0.25) is 5.91 Å². The molecule has 3 amide bonds. The van der Waals surface area contributed by atoms with Crippen molar-refractivity contribution >= 4 is 29.7 Å². The first-order chi connectivity index (χ1) is 9.49. The number of amides is 3. The predicted octanol–water partition coefficient (Wildman–Crippen LogP) is 1.60. The molecule has 7 heteroatoms. The van der Waals surface area contributed by atoms with E-state index < -0.39 is 17.9 Å². The van der Waals surface area contributed by atoms with E-state index in [9.17, 15) is 14.4 Å². The zero-order chi connectivity index (χ0) is 15.0. The molecule has 1 fully saturated rings. The number of imide groups is 1. The predicted molar refractivity (Wildman–Crippen MR) is 77.7 cm³/mol. The molecule has 0 heterocycles. The molecule has 1 aliphatic carbocycles. The van der Waals surface area contributed by atoms with E-state index in [4.69, 9.17) is 5.11 Å². The standard InChI is InChI=1S/C13H22N2O4S/c1-9(12(17)18)7-20-8-11(16)15-13(19)14-10-5-3-2-4-6-10/h9-10H,2-8H2,1H3,(H,17,18)(H2,14,15,16,19). The molecule has 0 aromatic heterocycles. The number of hydrogen-bond donors (Lipinski definition) is 3. The monoisotopic (exact) mass is 302 g/mol. The average molecular weight is 302 g/mol. The van der Waals surface area contributed by atoms with Crippen LogP contribution in [0.1, 0.15) is 39.0 Å². The molecule has 6 nitrogen and oxygen atoms in total. The van der Waals surface area contributed by atoms with Crippen LogP contribution in [0.5, 0.6) is 0 Å². The van der Waals surface area contributed by atoms with Crippen molar-refractivity contribution in [3.05, 3.63) is 0 Å². The molecular formula is C13H22N2O4S. The fourth-order valence-electron chi connectivity index (χ4n) is 2.03. The van der Waals surface area contributed by atoms with E-state index in [2.05, 4.69) is 10.6 Å². The minimum Gasteiger partial charge on any atom is -0.481 e. The highest BCUT2D eigenvalue weighted by molar-refractivity contribution is 7.99. The van der Waals surface area contributed by atoms with Crippen molar-refractivity contribution in [2.24, 2.45) is 5.92 Å². The minimum atomic E-state index is -0.882. The zero-order valence-corrected chi connectivity index (χ0v) is 12.5. The molecular weight excluding hydrogens is 280 g/mol. The van der Waals surface area contributed by atoms with Gasteiger partial charge < -0.3 is 10.4 Å². The molecule has 0 aromatic rings. The molecule has 0 bridgehead atoms. The third-order valence-corrected chi connectivity index (χ3v) is 4.42. The number of carbonyl (C=O) groups excluding carboxylic acids is 2. The van der Waals surface area contributed by atoms with Crippen LogP contribution in [-0.4, -0.2) is 40.6 Å². The molecule has 1 atom stereocenters. The number of aliphatic carboxylic acids is 1. The summed E-state index contributed by atoms with van der Waals surface area (Å²) in [6.07, 6.45) is 5.36. The number of carboxylic acid groups (broad SMARTS) is 1. The lowest BCUT2D eigenvalue weighted by molar-refractivity contribution is -0.140. The summed E-state index contributed by atoms with van der Waals surface area (Å²) >= 11 is 1.21. The van der Waals surface area contributed by atoms with E-state index in [0.717, 1.165) is 25.7 Å². The van der Waals surface area contributed by atoms with Crippen LogP contribution in [0.25, 0.3) is 0 Å². The van der Waals surface area contributed by atoms with Crippen LogP contribution < -0.4 is 10.6 Å². The second-order valence-electron chi connectivity index (χ2n) is 5.11. The van der Waals surface area contributed by atoms with Gasteiger partial charge in [-0.15, -0.1) is 0 Å². The molecule has 1 aliphatic rings. The SMILES string of the molecule is CC(CSCC(=O)NC(=O)NC1CCCCC1)C(=O)O. The van der Waals surface area contributed by atoms with E-state index in [-0.39, 0.29) is 17.7 Å². The second-order valence-corrected chi connectivity index (χ2v) is 6.14. The summed E-state index contributed by atoms with van der Waals surface area (Å²) in [6, 6.07) is -0.287. The summed E-state index contributed by atoms with van der Waals surface area (Å²) in [6.45, 7) is 1.59. The van der Waals surface area contributed by atoms with E-state index in [1.54, 1.807) is 6.92 Å². The van der Waals surface area contributed by atoms with Gasteiger partial charge in [0.1, 0.15) is 0 Å². The third kappa shape index (κ3) is 6.79. The Morgan fingerprint density at radius 3 is 2.50 bits per heavy atom. The van der Waals surface area contributed by atoms with Crippen molar-refractivity contribution in [3.8, 4) is 0 Å². The van der Waals surface area contributed by atoms with Gasteiger partial charge in [-0.2, -0.15) is 11.8 Å². The number of nitrogens with one attached hydrogen (secondary N) is 2. The normalized spacial score (nSPS) is 17.2. The Hall–Kier alpha value is -1.24. The number of carboxylic acids is 1. The maximum Gasteiger partial charge on any atom is 0.321 e. The molecule has 0 aromatic carbocycles. The Balaban J connectivity index is 2.14. The molecule has 0 aliphatic heterocycles. The summed E-state index contributed by atoms with van der Waals surface area (Å²) in [4.78, 5) is 33.7. The number of urea groups is 1. The third-order valence-electron chi connectivity index (χ3n) is 3.22. The highest BCUT2D eigenvalue weighted by Gasteiger charge is 2.17. The quantitative estimate of drug-likeness (QED) is 0.692. The highest BCUT2D eigenvalue weighted by Crippen LogP contribution is 2.17. The van der Waals surface area contributed by atoms with Crippen LogP contribution >= 0.6 is 11.8 Å². The van der Waals surface area contributed by atoms with Crippen molar-refractivity contribution in [2.45, 2.75) is 45.1 Å². The Labute approximate surface area is 123 Å². The van der Waals surface area contributed by atoms with E-state index >= 15 is 0 Å². The van der Waals surface area contributed by atoms with E-state index in [1.165, 1.54) is 18.2 Å². The lowest BCUT2D eigenvalue weighted by atomic mass is 9.96. The fourth-order valence-corrected chi connectivity index (χ4v) is 2.90. The largest absolute Gasteiger partial charge is 0.481 e. The second kappa shape index (κ2) is 8.84. The Bertz CT molecular complexity index is 356. The van der Waals surface area contributed by atoms with Crippen molar-refractivity contribution in [3.63, 3.8) is 0 Å². The zero-order valence-electron chi connectivity index (χ0n) is 11.7. The van der Waals surface area contributed by atoms with Gasteiger partial charge in [-0.1, -0.05) is 26.2 Å². The van der Waals surface area contributed by atoms with Crippen LogP contribution in [0.15, 0.2) is 0 Å². The Morgan fingerprint density at radius 2 is 1.90 bits per heavy atom. The molecule has 20 heavy (non-hydrogen) atoms. The number of hydrogen-bond acceptors (Lipinski definition) is 4. The molecule has 0 spiro atoms. The molecule has 1 rings (SSSR count). The molecule has 1 unspecified atom stereocenters. The number of thioether (sulfide) groups is 1. The van der Waals surface area contributed by atoms with E-state index in [0.29, 0.717) is 5.75 Å². The number of carbonyl (C=O) groups is 3. The van der Waals surface area contributed by atoms with Crippen molar-refractivity contribution in [2.75, 3.05) is 11.5 Å². The first-order valence-electron chi connectivity index (χ1n) is 6.90. The van der Waals surface area contributed by atoms with Gasteiger partial charge in [-0.05, 0) is 12.8 Å². The van der Waals surface area contributed by atoms with Crippen molar-refractivity contribution < 1.29 is 19.5 Å². The first kappa shape index (κ1) is 16.8. The van der Waals surface area contributed by atoms with Gasteiger partial charge in [0, 0.05) is 11.8 Å². The van der Waals surface area contributed by atoms with Gasteiger partial charge in [0.05, 0.1) is 11.7 Å². The number of rotatable bonds is 6. The smallest absolute Gasteiger partial charge is 0.321 e. The first-order valence-corrected chi connectivity index (χ1v) is 8.05. The molecule has 0 radical (unpaired) electrons. The van der Waals surface area contributed by atoms with Gasteiger partial charge in [0.15, 0.2) is 0 Å². The molecule has 0 saturated heterocycles. The van der Waals surface area contributed by atoms with Crippen LogP contribution in [-0.2, 0) is 9.59 Å². The molecule has 1 saturated carbocycles. The lowest BCUT2D eigenvalue weighted by Crippen LogP contribution is -2.45. The highest BCUT2D eigenvalue weighted by atomic mass is 32.2. The minimum absolute atomic E-state index is 0.0930. The fraction of sp³-hybridized carbons (Fsp3) is 0.769. The Kier molecular flexibility index (Phi) is 7.43. The Morgan fingerprint density at radius 1 is 1.25 bits per heavy atom. The summed E-state index contributed by atoms with van der Waals surface area (Å²) in [7, 11) is 0. The van der Waals surface area contributed by atoms with Gasteiger partial charge in [-0.3, -0.25) is 14.9 Å². The van der Waals surface area contributed by atoms with Gasteiger partial charge in [0.25, 0.3) is 0 Å². The maximum absolute atomic E-state index is 11.6. The van der Waals surface area contributed by atoms with Crippen LogP contribution in [0.4, 0.5) is 4.79 Å². The van der Waals surface area contributed by atoms with Crippen LogP contribution in [0.3, 0.4) is 0 Å². The van der Waals surface area contributed by atoms with Crippen LogP contribution in [0.2, 0.25) is 0 Å². The van der Waals surface area contributed by atoms with Crippen molar-refractivity contribution in [1.29, 1.82) is 0 Å².